The van der Waals surface area contributed by atoms with Crippen molar-refractivity contribution >= 4 is 11.8 Å². The van der Waals surface area contributed by atoms with Gasteiger partial charge in [-0.3, -0.25) is 0 Å². The summed E-state index contributed by atoms with van der Waals surface area (Å²) >= 11 is 1.79. The first kappa shape index (κ1) is 12.6. The summed E-state index contributed by atoms with van der Waals surface area (Å²) in [5.74, 6) is 1.79. The third-order valence-corrected chi connectivity index (χ3v) is 3.69. The number of nitrogens with zero attached hydrogens (tertiary/aromatic N) is 1. The maximum Gasteiger partial charge on any atom is 0.165 e. The second kappa shape index (κ2) is 6.90. The summed E-state index contributed by atoms with van der Waals surface area (Å²) in [7, 11) is 0. The zero-order valence-electron chi connectivity index (χ0n) is 9.79. The summed E-state index contributed by atoms with van der Waals surface area (Å²) in [6, 6.07) is 0.579. The quantitative estimate of drug-likeness (QED) is 0.703. The fourth-order valence-electron chi connectivity index (χ4n) is 1.47. The molecule has 0 aliphatic heterocycles. The summed E-state index contributed by atoms with van der Waals surface area (Å²) in [6.45, 7) is 7.74. The Morgan fingerprint density at radius 3 is 2.87 bits per heavy atom. The predicted octanol–water partition coefficient (Wildman–Crippen LogP) is 2.53. The molecule has 0 radical (unpaired) electrons. The van der Waals surface area contributed by atoms with Crippen LogP contribution in [-0.4, -0.2) is 28.3 Å². The lowest BCUT2D eigenvalue weighted by molar-refractivity contribution is 0.404. The SMILES string of the molecule is CCNC(CSc1ncc[nH]1)C(C)CC. The van der Waals surface area contributed by atoms with Crippen LogP contribution in [0.2, 0.25) is 0 Å². The monoisotopic (exact) mass is 227 g/mol. The van der Waals surface area contributed by atoms with Gasteiger partial charge in [-0.15, -0.1) is 0 Å². The molecular weight excluding hydrogens is 206 g/mol. The molecule has 2 unspecified atom stereocenters. The van der Waals surface area contributed by atoms with Gasteiger partial charge in [-0.1, -0.05) is 39.0 Å². The second-order valence-electron chi connectivity index (χ2n) is 3.76. The lowest BCUT2D eigenvalue weighted by Crippen LogP contribution is -2.36. The maximum absolute atomic E-state index is 4.21. The van der Waals surface area contributed by atoms with Gasteiger partial charge in [0.1, 0.15) is 0 Å². The van der Waals surface area contributed by atoms with E-state index >= 15 is 0 Å². The van der Waals surface area contributed by atoms with Crippen LogP contribution in [0.5, 0.6) is 0 Å². The standard InChI is InChI=1S/C11H21N3S/c1-4-9(3)10(12-5-2)8-15-11-13-6-7-14-11/h6-7,9-10,12H,4-5,8H2,1-3H3,(H,13,14). The Kier molecular flexibility index (Phi) is 5.79. The highest BCUT2D eigenvalue weighted by Crippen LogP contribution is 2.18. The molecule has 0 saturated heterocycles. The van der Waals surface area contributed by atoms with E-state index in [0.29, 0.717) is 12.0 Å². The topological polar surface area (TPSA) is 40.7 Å². The zero-order chi connectivity index (χ0) is 11.1. The maximum atomic E-state index is 4.21. The third-order valence-electron chi connectivity index (χ3n) is 2.67. The van der Waals surface area contributed by atoms with Crippen molar-refractivity contribution in [3.05, 3.63) is 12.4 Å². The van der Waals surface area contributed by atoms with Gasteiger partial charge in [-0.05, 0) is 12.5 Å². The highest BCUT2D eigenvalue weighted by Gasteiger charge is 2.15. The molecule has 3 nitrogen and oxygen atoms in total. The molecule has 86 valence electrons. The van der Waals surface area contributed by atoms with E-state index in [0.717, 1.165) is 17.5 Å². The minimum atomic E-state index is 0.579. The number of hydrogen-bond donors (Lipinski definition) is 2. The van der Waals surface area contributed by atoms with Gasteiger partial charge >= 0.3 is 0 Å². The summed E-state index contributed by atoms with van der Waals surface area (Å²) in [6.07, 6.45) is 4.89. The lowest BCUT2D eigenvalue weighted by atomic mass is 10.0. The molecule has 1 heterocycles. The summed E-state index contributed by atoms with van der Waals surface area (Å²) < 4.78 is 0. The van der Waals surface area contributed by atoms with Crippen molar-refractivity contribution < 1.29 is 0 Å². The zero-order valence-corrected chi connectivity index (χ0v) is 10.6. The van der Waals surface area contributed by atoms with Crippen LogP contribution in [0.4, 0.5) is 0 Å². The van der Waals surface area contributed by atoms with Gasteiger partial charge in [0.05, 0.1) is 0 Å². The molecule has 15 heavy (non-hydrogen) atoms. The van der Waals surface area contributed by atoms with E-state index in [9.17, 15) is 0 Å². The number of H-pyrrole nitrogens is 1. The van der Waals surface area contributed by atoms with E-state index in [-0.39, 0.29) is 0 Å². The summed E-state index contributed by atoms with van der Waals surface area (Å²) in [5.41, 5.74) is 0. The first-order chi connectivity index (χ1) is 7.27. The van der Waals surface area contributed by atoms with Crippen LogP contribution >= 0.6 is 11.8 Å². The van der Waals surface area contributed by atoms with Crippen LogP contribution in [0.25, 0.3) is 0 Å². The van der Waals surface area contributed by atoms with Gasteiger partial charge in [0.15, 0.2) is 5.16 Å². The fourth-order valence-corrected chi connectivity index (χ4v) is 2.54. The van der Waals surface area contributed by atoms with Crippen molar-refractivity contribution in [3.8, 4) is 0 Å². The largest absolute Gasteiger partial charge is 0.340 e. The predicted molar refractivity (Wildman–Crippen MR) is 66.2 cm³/mol. The van der Waals surface area contributed by atoms with Gasteiger partial charge in [-0.25, -0.2) is 4.98 Å². The highest BCUT2D eigenvalue weighted by molar-refractivity contribution is 7.99. The van der Waals surface area contributed by atoms with Crippen LogP contribution in [0.3, 0.4) is 0 Å². The van der Waals surface area contributed by atoms with Gasteiger partial charge < -0.3 is 10.3 Å². The van der Waals surface area contributed by atoms with Crippen molar-refractivity contribution in [2.75, 3.05) is 12.3 Å². The molecule has 1 aromatic rings. The van der Waals surface area contributed by atoms with Gasteiger partial charge in [0.25, 0.3) is 0 Å². The van der Waals surface area contributed by atoms with E-state index < -0.39 is 0 Å². The molecule has 0 bridgehead atoms. The molecule has 0 spiro atoms. The molecule has 0 aliphatic rings. The minimum Gasteiger partial charge on any atom is -0.340 e. The molecule has 0 saturated carbocycles. The molecule has 0 aliphatic carbocycles. The molecular formula is C11H21N3S. The van der Waals surface area contributed by atoms with Crippen LogP contribution in [0, 0.1) is 5.92 Å². The van der Waals surface area contributed by atoms with Crippen LogP contribution in [0.1, 0.15) is 27.2 Å². The van der Waals surface area contributed by atoms with Crippen molar-refractivity contribution in [2.45, 2.75) is 38.4 Å². The average Bonchev–Trinajstić information content (AvgIpc) is 2.76. The van der Waals surface area contributed by atoms with E-state index in [4.69, 9.17) is 0 Å². The first-order valence-corrected chi connectivity index (χ1v) is 6.62. The minimum absolute atomic E-state index is 0.579. The molecule has 0 fully saturated rings. The van der Waals surface area contributed by atoms with Crippen molar-refractivity contribution in [1.82, 2.24) is 15.3 Å². The van der Waals surface area contributed by atoms with Crippen molar-refractivity contribution in [2.24, 2.45) is 5.92 Å². The van der Waals surface area contributed by atoms with E-state index in [2.05, 4.69) is 36.1 Å². The second-order valence-corrected chi connectivity index (χ2v) is 4.76. The Bertz CT molecular complexity index is 248. The van der Waals surface area contributed by atoms with Crippen molar-refractivity contribution in [3.63, 3.8) is 0 Å². The molecule has 0 aromatic carbocycles. The number of hydrogen-bond acceptors (Lipinski definition) is 3. The van der Waals surface area contributed by atoms with E-state index in [1.165, 1.54) is 6.42 Å². The average molecular weight is 227 g/mol. The Hall–Kier alpha value is -0.480. The molecule has 1 aromatic heterocycles. The first-order valence-electron chi connectivity index (χ1n) is 5.63. The Labute approximate surface area is 96.5 Å². The Balaban J connectivity index is 2.37. The number of nitrogens with one attached hydrogen (secondary N) is 2. The number of aromatic amines is 1. The van der Waals surface area contributed by atoms with E-state index in [1.807, 2.05) is 6.20 Å². The molecule has 2 N–H and O–H groups in total. The number of aromatic nitrogens is 2. The normalized spacial score (nSPS) is 15.1. The molecule has 1 rings (SSSR count). The summed E-state index contributed by atoms with van der Waals surface area (Å²) in [4.78, 5) is 7.33. The van der Waals surface area contributed by atoms with E-state index in [1.54, 1.807) is 18.0 Å². The number of imidazole rings is 1. The van der Waals surface area contributed by atoms with Gasteiger partial charge in [0, 0.05) is 24.2 Å². The van der Waals surface area contributed by atoms with Gasteiger partial charge in [0.2, 0.25) is 0 Å². The van der Waals surface area contributed by atoms with Crippen LogP contribution in [0.15, 0.2) is 17.6 Å². The third kappa shape index (κ3) is 4.26. The number of thioether (sulfide) groups is 1. The Morgan fingerprint density at radius 1 is 1.53 bits per heavy atom. The lowest BCUT2D eigenvalue weighted by Gasteiger charge is -2.22. The highest BCUT2D eigenvalue weighted by atomic mass is 32.2. The van der Waals surface area contributed by atoms with Crippen molar-refractivity contribution in [1.29, 1.82) is 0 Å². The Morgan fingerprint density at radius 2 is 2.33 bits per heavy atom. The molecule has 2 atom stereocenters. The molecule has 0 amide bonds. The number of rotatable bonds is 7. The molecule has 4 heteroatoms. The van der Waals surface area contributed by atoms with Crippen LogP contribution in [-0.2, 0) is 0 Å². The van der Waals surface area contributed by atoms with Crippen LogP contribution < -0.4 is 5.32 Å². The van der Waals surface area contributed by atoms with Gasteiger partial charge in [-0.2, -0.15) is 0 Å². The fraction of sp³-hybridized carbons (Fsp3) is 0.727. The smallest absolute Gasteiger partial charge is 0.165 e. The summed E-state index contributed by atoms with van der Waals surface area (Å²) in [5, 5.41) is 4.55.